The van der Waals surface area contributed by atoms with Crippen LogP contribution >= 0.6 is 0 Å². The maximum absolute atomic E-state index is 11.6. The van der Waals surface area contributed by atoms with E-state index in [1.165, 1.54) is 0 Å². The summed E-state index contributed by atoms with van der Waals surface area (Å²) in [6.07, 6.45) is 3.95. The van der Waals surface area contributed by atoms with Crippen LogP contribution in [0.2, 0.25) is 18.1 Å². The van der Waals surface area contributed by atoms with E-state index in [0.717, 1.165) is 43.8 Å². The first kappa shape index (κ1) is 22.3. The predicted octanol–water partition coefficient (Wildman–Crippen LogP) is 4.44. The van der Waals surface area contributed by atoms with Crippen molar-refractivity contribution in [1.82, 2.24) is 0 Å². The predicted molar refractivity (Wildman–Crippen MR) is 112 cm³/mol. The van der Waals surface area contributed by atoms with E-state index in [4.69, 9.17) is 9.16 Å². The van der Waals surface area contributed by atoms with Gasteiger partial charge < -0.3 is 19.4 Å². The van der Waals surface area contributed by atoms with Gasteiger partial charge in [0.15, 0.2) is 14.4 Å². The lowest BCUT2D eigenvalue weighted by Crippen LogP contribution is -2.59. The molecule has 0 aromatic heterocycles. The van der Waals surface area contributed by atoms with E-state index in [1.54, 1.807) is 0 Å². The summed E-state index contributed by atoms with van der Waals surface area (Å²) in [5.74, 6) is -0.330. The van der Waals surface area contributed by atoms with Crippen LogP contribution in [0.5, 0.6) is 0 Å². The van der Waals surface area contributed by atoms with Gasteiger partial charge in [-0.15, -0.1) is 0 Å². The van der Waals surface area contributed by atoms with Crippen molar-refractivity contribution in [2.75, 3.05) is 6.61 Å². The molecule has 0 amide bonds. The summed E-state index contributed by atoms with van der Waals surface area (Å²) in [6.45, 7) is 11.5. The lowest BCUT2D eigenvalue weighted by atomic mass is 9.46. The maximum Gasteiger partial charge on any atom is 0.332 e. The molecular formula is C22H40O5Si. The summed E-state index contributed by atoms with van der Waals surface area (Å²) < 4.78 is 12.9. The monoisotopic (exact) mass is 412 g/mol. The van der Waals surface area contributed by atoms with Crippen molar-refractivity contribution in [3.05, 3.63) is 0 Å². The molecule has 3 aliphatic rings. The molecule has 5 nitrogen and oxygen atoms in total. The molecule has 1 aliphatic heterocycles. The topological polar surface area (TPSA) is 76.0 Å². The smallest absolute Gasteiger partial charge is 0.332 e. The number of aliphatic hydroxyl groups excluding tert-OH is 1. The quantitative estimate of drug-likeness (QED) is 0.605. The number of carboxylic acids is 1. The Balaban J connectivity index is 1.86. The molecule has 0 bridgehead atoms. The Hall–Kier alpha value is -0.433. The van der Waals surface area contributed by atoms with Crippen LogP contribution in [0.1, 0.15) is 66.7 Å². The van der Waals surface area contributed by atoms with E-state index in [0.29, 0.717) is 12.3 Å². The van der Waals surface area contributed by atoms with Crippen LogP contribution < -0.4 is 0 Å². The summed E-state index contributed by atoms with van der Waals surface area (Å²) in [4.78, 5) is 11.6. The third kappa shape index (κ3) is 3.38. The van der Waals surface area contributed by atoms with Gasteiger partial charge in [0.2, 0.25) is 0 Å². The molecule has 3 fully saturated rings. The summed E-state index contributed by atoms with van der Waals surface area (Å²) >= 11 is 0. The van der Waals surface area contributed by atoms with Gasteiger partial charge in [-0.2, -0.15) is 0 Å². The van der Waals surface area contributed by atoms with Crippen LogP contribution in [0.3, 0.4) is 0 Å². The summed E-state index contributed by atoms with van der Waals surface area (Å²) in [5, 5.41) is 20.0. The molecule has 2 aliphatic carbocycles. The van der Waals surface area contributed by atoms with Crippen LogP contribution in [0.4, 0.5) is 0 Å². The summed E-state index contributed by atoms with van der Waals surface area (Å²) in [5.41, 5.74) is -0.141. The van der Waals surface area contributed by atoms with Crippen LogP contribution in [-0.4, -0.2) is 49.4 Å². The molecule has 0 aromatic carbocycles. The first-order valence-corrected chi connectivity index (χ1v) is 13.9. The third-order valence-electron chi connectivity index (χ3n) is 9.07. The molecule has 0 spiro atoms. The largest absolute Gasteiger partial charge is 0.479 e. The minimum Gasteiger partial charge on any atom is -0.479 e. The van der Waals surface area contributed by atoms with E-state index in [9.17, 15) is 15.0 Å². The fourth-order valence-electron chi connectivity index (χ4n) is 7.06. The van der Waals surface area contributed by atoms with Gasteiger partial charge >= 0.3 is 5.97 Å². The van der Waals surface area contributed by atoms with E-state index >= 15 is 0 Å². The molecule has 162 valence electrons. The van der Waals surface area contributed by atoms with Crippen molar-refractivity contribution in [1.29, 1.82) is 0 Å². The highest BCUT2D eigenvalue weighted by molar-refractivity contribution is 6.73. The molecule has 7 unspecified atom stereocenters. The van der Waals surface area contributed by atoms with Crippen LogP contribution in [0.15, 0.2) is 0 Å². The second-order valence-electron chi connectivity index (χ2n) is 10.0. The Morgan fingerprint density at radius 1 is 1.11 bits per heavy atom. The van der Waals surface area contributed by atoms with Gasteiger partial charge in [0.05, 0.1) is 12.2 Å². The van der Waals surface area contributed by atoms with E-state index < -0.39 is 20.4 Å². The first-order chi connectivity index (χ1) is 13.2. The van der Waals surface area contributed by atoms with Crippen LogP contribution in [-0.2, 0) is 14.0 Å². The van der Waals surface area contributed by atoms with Gasteiger partial charge in [-0.1, -0.05) is 34.6 Å². The van der Waals surface area contributed by atoms with Crippen LogP contribution in [0.25, 0.3) is 0 Å². The SMILES string of the molecule is CC[Si](CC)(CC)OC1CCC2C3(C)CC(C(=O)O)OC3CCC2(C)C1CO. The highest BCUT2D eigenvalue weighted by Gasteiger charge is 2.63. The number of fused-ring (bicyclic) bond motifs is 3. The standard InChI is InChI=1S/C22H40O5Si/c1-6-28(7-2,8-3)27-16-9-10-18-21(4,15(16)14-23)12-11-19-22(18,5)13-17(26-19)20(24)25/h15-19,23H,6-14H2,1-5H3,(H,24,25). The van der Waals surface area contributed by atoms with E-state index in [1.807, 2.05) is 0 Å². The highest BCUT2D eigenvalue weighted by Crippen LogP contribution is 2.64. The number of aliphatic carboxylic acids is 1. The normalized spacial score (nSPS) is 43.4. The molecular weight excluding hydrogens is 372 g/mol. The zero-order valence-electron chi connectivity index (χ0n) is 18.4. The molecule has 3 rings (SSSR count). The van der Waals surface area contributed by atoms with Crippen molar-refractivity contribution < 1.29 is 24.2 Å². The maximum atomic E-state index is 11.6. The number of hydrogen-bond acceptors (Lipinski definition) is 4. The van der Waals surface area contributed by atoms with Crippen molar-refractivity contribution >= 4 is 14.3 Å². The van der Waals surface area contributed by atoms with Gasteiger partial charge in [0, 0.05) is 17.9 Å². The Morgan fingerprint density at radius 2 is 1.75 bits per heavy atom. The first-order valence-electron chi connectivity index (χ1n) is 11.4. The Labute approximate surface area is 171 Å². The van der Waals surface area contributed by atoms with Crippen molar-refractivity contribution in [3.63, 3.8) is 0 Å². The van der Waals surface area contributed by atoms with Crippen molar-refractivity contribution in [3.8, 4) is 0 Å². The summed E-state index contributed by atoms with van der Waals surface area (Å²) in [6, 6.07) is 3.38. The zero-order chi connectivity index (χ0) is 20.7. The molecule has 0 radical (unpaired) electrons. The van der Waals surface area contributed by atoms with E-state index in [2.05, 4.69) is 34.6 Å². The van der Waals surface area contributed by atoms with Gasteiger partial charge in [-0.05, 0) is 61.6 Å². The number of ether oxygens (including phenoxy) is 1. The second-order valence-corrected chi connectivity index (χ2v) is 14.7. The Bertz CT molecular complexity index is 571. The van der Waals surface area contributed by atoms with Gasteiger partial charge in [-0.25, -0.2) is 4.79 Å². The lowest BCUT2D eigenvalue weighted by Gasteiger charge is -2.60. The molecule has 6 heteroatoms. The fraction of sp³-hybridized carbons (Fsp3) is 0.955. The molecule has 2 saturated carbocycles. The zero-order valence-corrected chi connectivity index (χ0v) is 19.4. The minimum atomic E-state index is -1.74. The molecule has 1 saturated heterocycles. The number of carbonyl (C=O) groups is 1. The fourth-order valence-corrected chi connectivity index (χ4v) is 9.98. The van der Waals surface area contributed by atoms with Crippen molar-refractivity contribution in [2.24, 2.45) is 22.7 Å². The molecule has 2 N–H and O–H groups in total. The van der Waals surface area contributed by atoms with Gasteiger partial charge in [0.1, 0.15) is 0 Å². The molecule has 28 heavy (non-hydrogen) atoms. The average Bonchev–Trinajstić information content (AvgIpc) is 3.03. The number of rotatable bonds is 7. The Kier molecular flexibility index (Phi) is 6.37. The van der Waals surface area contributed by atoms with Gasteiger partial charge in [-0.3, -0.25) is 0 Å². The second kappa shape index (κ2) is 8.01. The summed E-state index contributed by atoms with van der Waals surface area (Å²) in [7, 11) is -1.74. The molecule has 7 atom stereocenters. The Morgan fingerprint density at radius 3 is 2.29 bits per heavy atom. The molecule has 0 aromatic rings. The van der Waals surface area contributed by atoms with Gasteiger partial charge in [0.25, 0.3) is 0 Å². The average molecular weight is 413 g/mol. The number of aliphatic hydroxyl groups is 1. The van der Waals surface area contributed by atoms with Crippen molar-refractivity contribution in [2.45, 2.75) is 103 Å². The number of hydrogen-bond donors (Lipinski definition) is 2. The minimum absolute atomic E-state index is 0.0188. The third-order valence-corrected chi connectivity index (χ3v) is 13.7. The highest BCUT2D eigenvalue weighted by atomic mass is 28.4. The molecule has 1 heterocycles. The number of carboxylic acid groups (broad SMARTS) is 1. The van der Waals surface area contributed by atoms with Crippen LogP contribution in [0, 0.1) is 22.7 Å². The lowest BCUT2D eigenvalue weighted by molar-refractivity contribution is -0.165. The van der Waals surface area contributed by atoms with E-state index in [-0.39, 0.29) is 35.6 Å².